The van der Waals surface area contributed by atoms with Crippen molar-refractivity contribution < 1.29 is 9.59 Å². The Morgan fingerprint density at radius 3 is 2.13 bits per heavy atom. The summed E-state index contributed by atoms with van der Waals surface area (Å²) in [6.07, 6.45) is 0. The molecule has 0 radical (unpaired) electrons. The Kier molecular flexibility index (Phi) is 3.64. The number of Topliss-reactive ketones (excluding diaryl/α,β-unsaturated/α-hetero) is 2. The number of nitrogens with one attached hydrogen (secondary N) is 1. The number of rotatable bonds is 4. The van der Waals surface area contributed by atoms with Crippen molar-refractivity contribution in [3.8, 4) is 0 Å². The smallest absolute Gasteiger partial charge is 0.162 e. The van der Waals surface area contributed by atoms with Crippen molar-refractivity contribution >= 4 is 22.6 Å². The Labute approximate surface area is 134 Å². The first-order valence-corrected chi connectivity index (χ1v) is 7.55. The number of benzene rings is 1. The largest absolute Gasteiger partial charge is 0.340 e. The summed E-state index contributed by atoms with van der Waals surface area (Å²) < 4.78 is 1.98. The minimum Gasteiger partial charge on any atom is -0.340 e. The van der Waals surface area contributed by atoms with Gasteiger partial charge in [0.15, 0.2) is 11.6 Å². The second-order valence-electron chi connectivity index (χ2n) is 5.82. The quantitative estimate of drug-likeness (QED) is 0.751. The van der Waals surface area contributed by atoms with Crippen LogP contribution in [-0.2, 0) is 6.54 Å². The molecule has 0 saturated carbocycles. The van der Waals surface area contributed by atoms with Crippen LogP contribution in [0.3, 0.4) is 0 Å². The van der Waals surface area contributed by atoms with Gasteiger partial charge in [0.1, 0.15) is 5.82 Å². The number of aromatic amines is 1. The summed E-state index contributed by atoms with van der Waals surface area (Å²) in [4.78, 5) is 31.8. The molecule has 0 saturated heterocycles. The average Bonchev–Trinajstić information content (AvgIpc) is 3.00. The molecule has 1 aromatic carbocycles. The highest BCUT2D eigenvalue weighted by atomic mass is 16.1. The average molecular weight is 309 g/mol. The van der Waals surface area contributed by atoms with Gasteiger partial charge in [-0.25, -0.2) is 4.98 Å². The number of nitrogens with zero attached hydrogens (tertiary/aromatic N) is 2. The third-order valence-electron chi connectivity index (χ3n) is 4.23. The maximum atomic E-state index is 12.0. The lowest BCUT2D eigenvalue weighted by Gasteiger charge is -2.07. The van der Waals surface area contributed by atoms with Gasteiger partial charge in [-0.1, -0.05) is 12.1 Å². The first-order chi connectivity index (χ1) is 10.9. The second kappa shape index (κ2) is 5.50. The summed E-state index contributed by atoms with van der Waals surface area (Å²) >= 11 is 0. The van der Waals surface area contributed by atoms with Gasteiger partial charge in [0.2, 0.25) is 0 Å². The van der Waals surface area contributed by atoms with E-state index in [1.54, 1.807) is 0 Å². The van der Waals surface area contributed by atoms with E-state index in [1.807, 2.05) is 42.7 Å². The van der Waals surface area contributed by atoms with Gasteiger partial charge >= 0.3 is 0 Å². The number of H-pyrrole nitrogens is 1. The van der Waals surface area contributed by atoms with Gasteiger partial charge in [-0.3, -0.25) is 9.59 Å². The predicted molar refractivity (Wildman–Crippen MR) is 89.1 cm³/mol. The molecule has 118 valence electrons. The van der Waals surface area contributed by atoms with E-state index in [-0.39, 0.29) is 11.6 Å². The van der Waals surface area contributed by atoms with E-state index in [9.17, 15) is 9.59 Å². The minimum absolute atomic E-state index is 0.0841. The summed E-state index contributed by atoms with van der Waals surface area (Å²) in [5, 5.41) is 0. The molecule has 3 aromatic rings. The fraction of sp³-hybridized carbons (Fsp3) is 0.278. The van der Waals surface area contributed by atoms with Crippen LogP contribution in [0.2, 0.25) is 0 Å². The molecule has 5 heteroatoms. The van der Waals surface area contributed by atoms with Crippen LogP contribution in [0.25, 0.3) is 11.0 Å². The van der Waals surface area contributed by atoms with Crippen LogP contribution in [0, 0.1) is 13.8 Å². The van der Waals surface area contributed by atoms with E-state index in [2.05, 4.69) is 9.97 Å². The summed E-state index contributed by atoms with van der Waals surface area (Å²) in [5.74, 6) is 0.635. The van der Waals surface area contributed by atoms with Crippen molar-refractivity contribution in [3.63, 3.8) is 0 Å². The number of hydrogen-bond donors (Lipinski definition) is 1. The van der Waals surface area contributed by atoms with Gasteiger partial charge in [0.05, 0.1) is 17.6 Å². The van der Waals surface area contributed by atoms with Crippen molar-refractivity contribution in [2.45, 2.75) is 34.2 Å². The maximum Gasteiger partial charge on any atom is 0.162 e. The van der Waals surface area contributed by atoms with Gasteiger partial charge in [-0.2, -0.15) is 0 Å². The van der Waals surface area contributed by atoms with Crippen LogP contribution in [0.5, 0.6) is 0 Å². The van der Waals surface area contributed by atoms with Crippen molar-refractivity contribution in [2.75, 3.05) is 0 Å². The number of carbonyl (C=O) groups excluding carboxylic acids is 2. The molecule has 1 N–H and O–H groups in total. The number of hydrogen-bond acceptors (Lipinski definition) is 3. The van der Waals surface area contributed by atoms with Gasteiger partial charge < -0.3 is 9.55 Å². The van der Waals surface area contributed by atoms with Crippen LogP contribution in [0.1, 0.15) is 51.8 Å². The molecule has 3 rings (SSSR count). The number of carbonyl (C=O) groups is 2. The van der Waals surface area contributed by atoms with E-state index >= 15 is 0 Å². The minimum atomic E-state index is -0.0841. The van der Waals surface area contributed by atoms with E-state index in [1.165, 1.54) is 13.8 Å². The molecule has 0 bridgehead atoms. The van der Waals surface area contributed by atoms with E-state index in [4.69, 9.17) is 0 Å². The number of fused-ring (bicyclic) bond motifs is 1. The lowest BCUT2D eigenvalue weighted by molar-refractivity contribution is 0.0981. The molecular weight excluding hydrogens is 290 g/mol. The highest BCUT2D eigenvalue weighted by Gasteiger charge is 2.23. The molecule has 0 aliphatic heterocycles. The lowest BCUT2D eigenvalue weighted by Crippen LogP contribution is -2.06. The van der Waals surface area contributed by atoms with Crippen molar-refractivity contribution in [2.24, 2.45) is 0 Å². The highest BCUT2D eigenvalue weighted by Crippen LogP contribution is 2.24. The Balaban J connectivity index is 2.11. The van der Waals surface area contributed by atoms with Gasteiger partial charge in [0, 0.05) is 22.5 Å². The van der Waals surface area contributed by atoms with Crippen molar-refractivity contribution in [1.82, 2.24) is 14.5 Å². The predicted octanol–water partition coefficient (Wildman–Crippen LogP) is 3.43. The monoisotopic (exact) mass is 309 g/mol. The first-order valence-electron chi connectivity index (χ1n) is 7.55. The second-order valence-corrected chi connectivity index (χ2v) is 5.82. The van der Waals surface area contributed by atoms with Crippen molar-refractivity contribution in [3.05, 3.63) is 52.6 Å². The van der Waals surface area contributed by atoms with E-state index < -0.39 is 0 Å². The number of ketones is 2. The molecule has 0 aliphatic rings. The Bertz CT molecular complexity index is 861. The zero-order valence-corrected chi connectivity index (χ0v) is 13.7. The van der Waals surface area contributed by atoms with Gasteiger partial charge in [-0.05, 0) is 39.8 Å². The lowest BCUT2D eigenvalue weighted by atomic mass is 10.0. The van der Waals surface area contributed by atoms with Crippen LogP contribution in [-0.4, -0.2) is 26.1 Å². The SMILES string of the molecule is CC(=O)c1c(C(C)=O)c(C)n(Cc2nc3ccccc3[nH]2)c1C. The molecule has 0 fully saturated rings. The fourth-order valence-electron chi connectivity index (χ4n) is 3.21. The fourth-order valence-corrected chi connectivity index (χ4v) is 3.21. The summed E-state index contributed by atoms with van der Waals surface area (Å²) in [5.41, 5.74) is 4.53. The standard InChI is InChI=1S/C18H19N3O2/c1-10-17(12(3)22)18(13(4)23)11(2)21(10)9-16-19-14-7-5-6-8-15(14)20-16/h5-8H,9H2,1-4H3,(H,19,20). The molecule has 2 heterocycles. The summed E-state index contributed by atoms with van der Waals surface area (Å²) in [6.45, 7) is 7.25. The molecule has 0 unspecified atom stereocenters. The molecule has 23 heavy (non-hydrogen) atoms. The molecule has 0 amide bonds. The zero-order chi connectivity index (χ0) is 16.7. The van der Waals surface area contributed by atoms with Crippen LogP contribution < -0.4 is 0 Å². The Hall–Kier alpha value is -2.69. The van der Waals surface area contributed by atoms with E-state index in [0.29, 0.717) is 17.7 Å². The maximum absolute atomic E-state index is 12.0. The first kappa shape index (κ1) is 15.2. The van der Waals surface area contributed by atoms with E-state index in [0.717, 1.165) is 28.2 Å². The van der Waals surface area contributed by atoms with Crippen LogP contribution in [0.4, 0.5) is 0 Å². The third kappa shape index (κ3) is 2.48. The number of imidazole rings is 1. The molecule has 5 nitrogen and oxygen atoms in total. The number of para-hydroxylation sites is 2. The summed E-state index contributed by atoms with van der Waals surface area (Å²) in [6, 6.07) is 7.83. The Morgan fingerprint density at radius 1 is 1.04 bits per heavy atom. The molecule has 0 aliphatic carbocycles. The van der Waals surface area contributed by atoms with Crippen LogP contribution in [0.15, 0.2) is 24.3 Å². The Morgan fingerprint density at radius 2 is 1.61 bits per heavy atom. The third-order valence-corrected chi connectivity index (χ3v) is 4.23. The van der Waals surface area contributed by atoms with Gasteiger partial charge in [0.25, 0.3) is 0 Å². The molecule has 0 atom stereocenters. The normalized spacial score (nSPS) is 11.1. The molecule has 0 spiro atoms. The van der Waals surface area contributed by atoms with Crippen molar-refractivity contribution in [1.29, 1.82) is 0 Å². The topological polar surface area (TPSA) is 67.8 Å². The number of aromatic nitrogens is 3. The molecule has 2 aromatic heterocycles. The highest BCUT2D eigenvalue weighted by molar-refractivity contribution is 6.09. The zero-order valence-electron chi connectivity index (χ0n) is 13.7. The van der Waals surface area contributed by atoms with Gasteiger partial charge in [-0.15, -0.1) is 0 Å². The summed E-state index contributed by atoms with van der Waals surface area (Å²) in [7, 11) is 0. The molecular formula is C18H19N3O2. The van der Waals surface area contributed by atoms with Crippen LogP contribution >= 0.6 is 0 Å².